The smallest absolute Gasteiger partial charge is 0.258 e. The fourth-order valence-corrected chi connectivity index (χ4v) is 3.28. The maximum absolute atomic E-state index is 13.9. The lowest BCUT2D eigenvalue weighted by Crippen LogP contribution is -2.30. The number of methoxy groups -OCH3 is 2. The molecule has 0 aliphatic rings. The van der Waals surface area contributed by atoms with Crippen LogP contribution in [-0.2, 0) is 6.42 Å². The van der Waals surface area contributed by atoms with Crippen molar-refractivity contribution in [2.75, 3.05) is 31.4 Å². The molecule has 0 aromatic heterocycles. The summed E-state index contributed by atoms with van der Waals surface area (Å²) in [5.41, 5.74) is 1.70. The minimum atomic E-state index is -0.628. The normalized spacial score (nSPS) is 10.3. The van der Waals surface area contributed by atoms with Crippen molar-refractivity contribution in [1.82, 2.24) is 5.32 Å². The highest BCUT2D eigenvalue weighted by Gasteiger charge is 2.17. The maximum Gasteiger partial charge on any atom is 0.258 e. The molecule has 0 spiro atoms. The number of rotatable bonds is 8. The van der Waals surface area contributed by atoms with Crippen LogP contribution in [0.3, 0.4) is 0 Å². The minimum Gasteiger partial charge on any atom is -0.494 e. The third-order valence-electron chi connectivity index (χ3n) is 4.75. The first-order valence-electron chi connectivity index (χ1n) is 10.0. The topological polar surface area (TPSA) is 71.6 Å². The van der Waals surface area contributed by atoms with Gasteiger partial charge in [0.1, 0.15) is 23.1 Å². The summed E-state index contributed by atoms with van der Waals surface area (Å²) in [5, 5.41) is 9.10. The number of amides is 1. The largest absolute Gasteiger partial charge is 0.494 e. The third-order valence-corrected chi connectivity index (χ3v) is 5.00. The van der Waals surface area contributed by atoms with Crippen molar-refractivity contribution >= 4 is 34.6 Å². The van der Waals surface area contributed by atoms with Gasteiger partial charge in [-0.25, -0.2) is 8.78 Å². The van der Waals surface area contributed by atoms with Crippen molar-refractivity contribution in [3.05, 3.63) is 83.4 Å². The molecule has 3 rings (SSSR count). The number of ether oxygens (including phenoxy) is 2. The Bertz CT molecular complexity index is 1140. The molecule has 1 amide bonds. The highest BCUT2D eigenvalue weighted by molar-refractivity contribution is 7.80. The number of anilines is 2. The van der Waals surface area contributed by atoms with Gasteiger partial charge in [-0.05, 0) is 48.5 Å². The number of benzene rings is 3. The highest BCUT2D eigenvalue weighted by Crippen LogP contribution is 2.36. The first-order valence-corrected chi connectivity index (χ1v) is 10.4. The molecule has 3 aromatic carbocycles. The second-order valence-corrected chi connectivity index (χ2v) is 7.35. The van der Waals surface area contributed by atoms with Gasteiger partial charge in [-0.1, -0.05) is 24.3 Å². The zero-order valence-electron chi connectivity index (χ0n) is 18.1. The van der Waals surface area contributed by atoms with Crippen LogP contribution in [0.4, 0.5) is 20.2 Å². The van der Waals surface area contributed by atoms with Crippen LogP contribution in [0.5, 0.6) is 11.5 Å². The fraction of sp³-hybridized carbons (Fsp3) is 0.167. The average molecular weight is 472 g/mol. The lowest BCUT2D eigenvalue weighted by Gasteiger charge is -2.17. The summed E-state index contributed by atoms with van der Waals surface area (Å²) in [7, 11) is 2.92. The zero-order valence-corrected chi connectivity index (χ0v) is 18.9. The summed E-state index contributed by atoms with van der Waals surface area (Å²) in [5.74, 6) is -0.804. The van der Waals surface area contributed by atoms with E-state index in [9.17, 15) is 13.6 Å². The van der Waals surface area contributed by atoms with Crippen LogP contribution in [0, 0.1) is 11.6 Å². The molecule has 0 saturated heterocycles. The number of hydrogen-bond donors (Lipinski definition) is 3. The molecule has 0 heterocycles. The second kappa shape index (κ2) is 11.2. The molecule has 0 atom stereocenters. The Morgan fingerprint density at radius 1 is 0.909 bits per heavy atom. The molecule has 0 fully saturated rings. The summed E-state index contributed by atoms with van der Waals surface area (Å²) >= 11 is 5.35. The van der Waals surface area contributed by atoms with E-state index < -0.39 is 11.7 Å². The predicted molar refractivity (Wildman–Crippen MR) is 128 cm³/mol. The van der Waals surface area contributed by atoms with E-state index in [2.05, 4.69) is 16.0 Å². The van der Waals surface area contributed by atoms with E-state index in [1.54, 1.807) is 30.3 Å². The molecule has 172 valence electrons. The second-order valence-electron chi connectivity index (χ2n) is 6.94. The lowest BCUT2D eigenvalue weighted by atomic mass is 10.1. The molecule has 0 radical (unpaired) electrons. The number of hydrogen-bond acceptors (Lipinski definition) is 4. The molecule has 0 unspecified atom stereocenters. The Morgan fingerprint density at radius 2 is 1.52 bits per heavy atom. The lowest BCUT2D eigenvalue weighted by molar-refractivity contribution is 0.102. The van der Waals surface area contributed by atoms with Gasteiger partial charge in [-0.3, -0.25) is 4.79 Å². The van der Waals surface area contributed by atoms with Crippen LogP contribution >= 0.6 is 12.2 Å². The molecule has 0 aliphatic carbocycles. The van der Waals surface area contributed by atoms with Gasteiger partial charge in [0.05, 0.1) is 31.2 Å². The molecular weight excluding hydrogens is 448 g/mol. The van der Waals surface area contributed by atoms with Crippen LogP contribution in [-0.4, -0.2) is 31.8 Å². The summed E-state index contributed by atoms with van der Waals surface area (Å²) in [6, 6.07) is 15.1. The van der Waals surface area contributed by atoms with Gasteiger partial charge in [0.2, 0.25) is 0 Å². The quantitative estimate of drug-likeness (QED) is 0.412. The van der Waals surface area contributed by atoms with Crippen molar-refractivity contribution < 1.29 is 23.0 Å². The molecular formula is C24H23F2N3O3S. The van der Waals surface area contributed by atoms with E-state index >= 15 is 0 Å². The average Bonchev–Trinajstić information content (AvgIpc) is 2.81. The van der Waals surface area contributed by atoms with Crippen molar-refractivity contribution in [3.63, 3.8) is 0 Å². The van der Waals surface area contributed by atoms with Gasteiger partial charge in [0.25, 0.3) is 5.91 Å². The molecule has 0 bridgehead atoms. The molecule has 9 heteroatoms. The minimum absolute atomic E-state index is 0.0905. The molecule has 3 N–H and O–H groups in total. The van der Waals surface area contributed by atoms with Crippen molar-refractivity contribution in [3.8, 4) is 11.5 Å². The van der Waals surface area contributed by atoms with Gasteiger partial charge >= 0.3 is 0 Å². The molecule has 0 aliphatic heterocycles. The number of carbonyl (C=O) groups excluding carboxylic acids is 1. The van der Waals surface area contributed by atoms with Gasteiger partial charge in [-0.15, -0.1) is 0 Å². The summed E-state index contributed by atoms with van der Waals surface area (Å²) < 4.78 is 37.7. The van der Waals surface area contributed by atoms with Gasteiger partial charge < -0.3 is 25.4 Å². The monoisotopic (exact) mass is 471 g/mol. The van der Waals surface area contributed by atoms with Crippen molar-refractivity contribution in [1.29, 1.82) is 0 Å². The fourth-order valence-electron chi connectivity index (χ4n) is 3.07. The van der Waals surface area contributed by atoms with E-state index in [0.717, 1.165) is 5.56 Å². The van der Waals surface area contributed by atoms with Crippen LogP contribution in [0.2, 0.25) is 0 Å². The first-order chi connectivity index (χ1) is 15.9. The zero-order chi connectivity index (χ0) is 23.8. The number of nitrogens with one attached hydrogen (secondary N) is 3. The van der Waals surface area contributed by atoms with Crippen LogP contribution in [0.1, 0.15) is 15.9 Å². The highest BCUT2D eigenvalue weighted by atomic mass is 32.1. The van der Waals surface area contributed by atoms with Crippen molar-refractivity contribution in [2.45, 2.75) is 6.42 Å². The Hall–Kier alpha value is -3.72. The van der Waals surface area contributed by atoms with Crippen LogP contribution in [0.25, 0.3) is 0 Å². The Morgan fingerprint density at radius 3 is 2.12 bits per heavy atom. The number of carbonyl (C=O) groups is 1. The van der Waals surface area contributed by atoms with Gasteiger partial charge in [-0.2, -0.15) is 0 Å². The molecule has 33 heavy (non-hydrogen) atoms. The SMILES string of the molecule is COc1cc(NC(=S)NCCc2ccc(F)cc2)c(OC)cc1NC(=O)c1ccccc1F. The van der Waals surface area contributed by atoms with Gasteiger partial charge in [0.15, 0.2) is 5.11 Å². The Balaban J connectivity index is 1.68. The van der Waals surface area contributed by atoms with E-state index in [4.69, 9.17) is 21.7 Å². The van der Waals surface area contributed by atoms with E-state index in [-0.39, 0.29) is 11.4 Å². The molecule has 0 saturated carbocycles. The van der Waals surface area contributed by atoms with E-state index in [1.807, 2.05) is 0 Å². The first kappa shape index (κ1) is 23.9. The molecule has 6 nitrogen and oxygen atoms in total. The van der Waals surface area contributed by atoms with Gasteiger partial charge in [0, 0.05) is 18.7 Å². The molecule has 3 aromatic rings. The standard InChI is InChI=1S/C24H23F2N3O3S/c1-31-21-14-20(29-24(33)27-12-11-15-7-9-16(25)10-8-15)22(32-2)13-19(21)28-23(30)17-5-3-4-6-18(17)26/h3-10,13-14H,11-12H2,1-2H3,(H,28,30)(H2,27,29,33). The Labute approximate surface area is 195 Å². The maximum atomic E-state index is 13.9. The van der Waals surface area contributed by atoms with Crippen LogP contribution < -0.4 is 25.4 Å². The summed E-state index contributed by atoms with van der Waals surface area (Å²) in [6.45, 7) is 0.535. The summed E-state index contributed by atoms with van der Waals surface area (Å²) in [4.78, 5) is 12.5. The van der Waals surface area contributed by atoms with Crippen molar-refractivity contribution in [2.24, 2.45) is 0 Å². The Kier molecular flexibility index (Phi) is 8.15. The van der Waals surface area contributed by atoms with E-state index in [1.165, 1.54) is 44.6 Å². The number of halogens is 2. The van der Waals surface area contributed by atoms with E-state index in [0.29, 0.717) is 41.0 Å². The van der Waals surface area contributed by atoms with Crippen LogP contribution in [0.15, 0.2) is 60.7 Å². The number of thiocarbonyl (C=S) groups is 1. The summed E-state index contributed by atoms with van der Waals surface area (Å²) in [6.07, 6.45) is 0.656. The third kappa shape index (κ3) is 6.39. The predicted octanol–water partition coefficient (Wildman–Crippen LogP) is 4.76.